The first kappa shape index (κ1) is 11.9. The maximum absolute atomic E-state index is 6.10. The number of aryl methyl sites for hydroxylation is 1. The molecule has 0 saturated carbocycles. The van der Waals surface area contributed by atoms with E-state index < -0.39 is 0 Å². The molecule has 0 bridgehead atoms. The maximum atomic E-state index is 6.10. The molecule has 1 aromatic rings. The molecule has 1 heterocycles. The molecule has 0 spiro atoms. The third kappa shape index (κ3) is 2.77. The number of hydrogen-bond donors (Lipinski definition) is 0. The minimum Gasteiger partial charge on any atom is -0.490 e. The first-order chi connectivity index (χ1) is 7.81. The van der Waals surface area contributed by atoms with Crippen molar-refractivity contribution in [2.24, 2.45) is 0 Å². The largest absolute Gasteiger partial charge is 0.490 e. The van der Waals surface area contributed by atoms with Crippen LogP contribution in [0.2, 0.25) is 0 Å². The number of ether oxygens (including phenoxy) is 2. The Morgan fingerprint density at radius 2 is 2.12 bits per heavy atom. The van der Waals surface area contributed by atoms with Crippen molar-refractivity contribution in [3.05, 3.63) is 29.3 Å². The molecule has 2 nitrogen and oxygen atoms in total. The van der Waals surface area contributed by atoms with Gasteiger partial charge in [0.15, 0.2) is 0 Å². The quantitative estimate of drug-likeness (QED) is 0.792. The zero-order valence-corrected chi connectivity index (χ0v) is 11.1. The van der Waals surface area contributed by atoms with Gasteiger partial charge in [-0.15, -0.1) is 0 Å². The van der Waals surface area contributed by atoms with Crippen molar-refractivity contribution in [1.82, 2.24) is 0 Å². The minimum atomic E-state index is 0.313. The van der Waals surface area contributed by atoms with Crippen LogP contribution in [0.1, 0.15) is 24.0 Å². The van der Waals surface area contributed by atoms with Gasteiger partial charge >= 0.3 is 0 Å². The van der Waals surface area contributed by atoms with E-state index in [0.29, 0.717) is 6.10 Å². The molecule has 1 saturated heterocycles. The molecule has 1 aliphatic heterocycles. The molecule has 0 radical (unpaired) electrons. The van der Waals surface area contributed by atoms with E-state index in [1.54, 1.807) is 0 Å². The lowest BCUT2D eigenvalue weighted by atomic mass is 10.1. The van der Waals surface area contributed by atoms with E-state index in [1.165, 1.54) is 11.1 Å². The molecule has 0 unspecified atom stereocenters. The van der Waals surface area contributed by atoms with Crippen LogP contribution in [-0.4, -0.2) is 19.3 Å². The second kappa shape index (κ2) is 5.69. The highest BCUT2D eigenvalue weighted by atomic mass is 79.9. The van der Waals surface area contributed by atoms with Gasteiger partial charge in [0.1, 0.15) is 11.9 Å². The summed E-state index contributed by atoms with van der Waals surface area (Å²) in [5, 5.41) is 0.841. The van der Waals surface area contributed by atoms with Crippen LogP contribution in [0.4, 0.5) is 0 Å². The molecule has 88 valence electrons. The number of hydrogen-bond acceptors (Lipinski definition) is 2. The van der Waals surface area contributed by atoms with Gasteiger partial charge in [-0.1, -0.05) is 34.1 Å². The molecule has 1 fully saturated rings. The molecule has 1 aromatic carbocycles. The van der Waals surface area contributed by atoms with Crippen molar-refractivity contribution in [3.8, 4) is 5.75 Å². The van der Waals surface area contributed by atoms with Crippen LogP contribution in [0.25, 0.3) is 0 Å². The van der Waals surface area contributed by atoms with Crippen LogP contribution >= 0.6 is 15.9 Å². The van der Waals surface area contributed by atoms with Gasteiger partial charge in [-0.25, -0.2) is 0 Å². The molecular weight excluding hydrogens is 268 g/mol. The molecule has 3 heteroatoms. The molecular formula is C13H17BrO2. The fourth-order valence-electron chi connectivity index (χ4n) is 1.95. The van der Waals surface area contributed by atoms with Crippen molar-refractivity contribution < 1.29 is 9.47 Å². The monoisotopic (exact) mass is 284 g/mol. The lowest BCUT2D eigenvalue weighted by Crippen LogP contribution is -2.26. The van der Waals surface area contributed by atoms with Gasteiger partial charge < -0.3 is 9.47 Å². The minimum absolute atomic E-state index is 0.313. The van der Waals surface area contributed by atoms with E-state index in [-0.39, 0.29) is 0 Å². The molecule has 0 amide bonds. The zero-order valence-electron chi connectivity index (χ0n) is 9.54. The maximum Gasteiger partial charge on any atom is 0.126 e. The van der Waals surface area contributed by atoms with Crippen LogP contribution < -0.4 is 4.74 Å². The van der Waals surface area contributed by atoms with Gasteiger partial charge in [-0.2, -0.15) is 0 Å². The van der Waals surface area contributed by atoms with Crippen molar-refractivity contribution in [2.45, 2.75) is 31.2 Å². The Morgan fingerprint density at radius 1 is 1.38 bits per heavy atom. The van der Waals surface area contributed by atoms with E-state index >= 15 is 0 Å². The van der Waals surface area contributed by atoms with Crippen LogP contribution in [0.5, 0.6) is 5.75 Å². The highest BCUT2D eigenvalue weighted by Crippen LogP contribution is 2.28. The summed E-state index contributed by atoms with van der Waals surface area (Å²) >= 11 is 3.50. The fourth-order valence-corrected chi connectivity index (χ4v) is 2.39. The van der Waals surface area contributed by atoms with Crippen LogP contribution in [0, 0.1) is 6.92 Å². The van der Waals surface area contributed by atoms with E-state index in [0.717, 1.165) is 37.1 Å². The Hall–Kier alpha value is -0.540. The van der Waals surface area contributed by atoms with Crippen LogP contribution in [0.3, 0.4) is 0 Å². The summed E-state index contributed by atoms with van der Waals surface area (Å²) in [6.07, 6.45) is 2.30. The summed E-state index contributed by atoms with van der Waals surface area (Å²) in [4.78, 5) is 0. The van der Waals surface area contributed by atoms with Crippen molar-refractivity contribution in [1.29, 1.82) is 0 Å². The van der Waals surface area contributed by atoms with Crippen LogP contribution in [-0.2, 0) is 10.1 Å². The van der Waals surface area contributed by atoms with Gasteiger partial charge in [0.05, 0.1) is 13.2 Å². The highest BCUT2D eigenvalue weighted by Gasteiger charge is 2.17. The van der Waals surface area contributed by atoms with E-state index in [4.69, 9.17) is 9.47 Å². The lowest BCUT2D eigenvalue weighted by Gasteiger charge is -2.25. The standard InChI is InChI=1S/C13H17BrO2/c1-10-3-2-4-11(9-14)13(10)16-12-5-7-15-8-6-12/h2-4,12H,5-9H2,1H3. The summed E-state index contributed by atoms with van der Waals surface area (Å²) in [5.41, 5.74) is 2.44. The second-order valence-electron chi connectivity index (χ2n) is 4.13. The van der Waals surface area contributed by atoms with Gasteiger partial charge in [0.2, 0.25) is 0 Å². The summed E-state index contributed by atoms with van der Waals surface area (Å²) in [5.74, 6) is 1.05. The Morgan fingerprint density at radius 3 is 2.81 bits per heavy atom. The molecule has 0 atom stereocenters. The van der Waals surface area contributed by atoms with E-state index in [2.05, 4.69) is 41.1 Å². The summed E-state index contributed by atoms with van der Waals surface area (Å²) < 4.78 is 11.4. The van der Waals surface area contributed by atoms with Crippen molar-refractivity contribution in [3.63, 3.8) is 0 Å². The third-order valence-electron chi connectivity index (χ3n) is 2.89. The van der Waals surface area contributed by atoms with Gasteiger partial charge in [0.25, 0.3) is 0 Å². The van der Waals surface area contributed by atoms with Crippen molar-refractivity contribution in [2.75, 3.05) is 13.2 Å². The van der Waals surface area contributed by atoms with Gasteiger partial charge in [-0.3, -0.25) is 0 Å². The third-order valence-corrected chi connectivity index (χ3v) is 3.49. The smallest absolute Gasteiger partial charge is 0.126 e. The summed E-state index contributed by atoms with van der Waals surface area (Å²) in [6, 6.07) is 6.28. The Bertz CT molecular complexity index is 346. The number of alkyl halides is 1. The Labute approximate surface area is 105 Å². The first-order valence-electron chi connectivity index (χ1n) is 5.70. The molecule has 0 aliphatic carbocycles. The van der Waals surface area contributed by atoms with E-state index in [9.17, 15) is 0 Å². The number of benzene rings is 1. The average molecular weight is 285 g/mol. The van der Waals surface area contributed by atoms with Crippen molar-refractivity contribution >= 4 is 15.9 Å². The van der Waals surface area contributed by atoms with Gasteiger partial charge in [-0.05, 0) is 12.5 Å². The fraction of sp³-hybridized carbons (Fsp3) is 0.538. The SMILES string of the molecule is Cc1cccc(CBr)c1OC1CCOCC1. The molecule has 0 aromatic heterocycles. The van der Waals surface area contributed by atoms with Crippen LogP contribution in [0.15, 0.2) is 18.2 Å². The highest BCUT2D eigenvalue weighted by molar-refractivity contribution is 9.08. The number of rotatable bonds is 3. The first-order valence-corrected chi connectivity index (χ1v) is 6.82. The van der Waals surface area contributed by atoms with Gasteiger partial charge in [0, 0.05) is 23.7 Å². The van der Waals surface area contributed by atoms with E-state index in [1.807, 2.05) is 0 Å². The summed E-state index contributed by atoms with van der Waals surface area (Å²) in [7, 11) is 0. The normalized spacial score (nSPS) is 17.4. The molecule has 1 aliphatic rings. The predicted octanol–water partition coefficient (Wildman–Crippen LogP) is 3.45. The molecule has 16 heavy (non-hydrogen) atoms. The average Bonchev–Trinajstić information content (AvgIpc) is 2.33. The summed E-state index contributed by atoms with van der Waals surface area (Å²) in [6.45, 7) is 3.74. The molecule has 2 rings (SSSR count). The second-order valence-corrected chi connectivity index (χ2v) is 4.69. The predicted molar refractivity (Wildman–Crippen MR) is 68.3 cm³/mol. The zero-order chi connectivity index (χ0) is 11.4. The lowest BCUT2D eigenvalue weighted by molar-refractivity contribution is 0.0250. The Balaban J connectivity index is 2.12. The molecule has 0 N–H and O–H groups in total. The Kier molecular flexibility index (Phi) is 4.24. The topological polar surface area (TPSA) is 18.5 Å². The number of halogens is 1. The number of para-hydroxylation sites is 1.